The standard InChI is InChI=1S/C8H10N4O2.C2H6O2/c1-10-4-9-6-5(10)7(13)12(3)8(14)11(6)2;3-1-2-4/h4H,1-3H3;3-4H,1-2H2. The summed E-state index contributed by atoms with van der Waals surface area (Å²) in [6.45, 7) is -0.250. The van der Waals surface area contributed by atoms with Crippen molar-refractivity contribution in [1.29, 1.82) is 0 Å². The van der Waals surface area contributed by atoms with E-state index in [1.54, 1.807) is 18.7 Å². The fraction of sp³-hybridized carbons (Fsp3) is 0.500. The molecule has 0 aromatic carbocycles. The van der Waals surface area contributed by atoms with E-state index < -0.39 is 0 Å². The summed E-state index contributed by atoms with van der Waals surface area (Å²) in [5.74, 6) is 0. The molecule has 0 amide bonds. The van der Waals surface area contributed by atoms with E-state index in [4.69, 9.17) is 10.2 Å². The van der Waals surface area contributed by atoms with Crippen molar-refractivity contribution in [3.05, 3.63) is 27.2 Å². The molecule has 0 saturated heterocycles. The van der Waals surface area contributed by atoms with Gasteiger partial charge in [-0.25, -0.2) is 9.78 Å². The highest BCUT2D eigenvalue weighted by atomic mass is 16.3. The predicted molar refractivity (Wildman–Crippen MR) is 65.4 cm³/mol. The van der Waals surface area contributed by atoms with Crippen LogP contribution in [0.25, 0.3) is 11.2 Å². The van der Waals surface area contributed by atoms with E-state index in [1.165, 1.54) is 17.9 Å². The van der Waals surface area contributed by atoms with Crippen molar-refractivity contribution >= 4 is 11.2 Å². The van der Waals surface area contributed by atoms with Gasteiger partial charge < -0.3 is 14.8 Å². The number of rotatable bonds is 1. The summed E-state index contributed by atoms with van der Waals surface area (Å²) in [5.41, 5.74) is 0.180. The molecule has 2 rings (SSSR count). The first-order valence-corrected chi connectivity index (χ1v) is 5.24. The highest BCUT2D eigenvalue weighted by Crippen LogP contribution is 2.01. The number of aromatic nitrogens is 4. The van der Waals surface area contributed by atoms with E-state index >= 15 is 0 Å². The molecule has 18 heavy (non-hydrogen) atoms. The van der Waals surface area contributed by atoms with Crippen LogP contribution in [0.3, 0.4) is 0 Å². The Morgan fingerprint density at radius 1 is 1.11 bits per heavy atom. The highest BCUT2D eigenvalue weighted by molar-refractivity contribution is 5.69. The summed E-state index contributed by atoms with van der Waals surface area (Å²) < 4.78 is 4.04. The summed E-state index contributed by atoms with van der Waals surface area (Å²) in [7, 11) is 4.77. The lowest BCUT2D eigenvalue weighted by molar-refractivity contribution is 0.186. The summed E-state index contributed by atoms with van der Waals surface area (Å²) in [4.78, 5) is 27.2. The number of fused-ring (bicyclic) bond motifs is 1. The Balaban J connectivity index is 0.000000357. The van der Waals surface area contributed by atoms with Crippen molar-refractivity contribution in [3.8, 4) is 0 Å². The third-order valence-electron chi connectivity index (χ3n) is 2.42. The second-order valence-corrected chi connectivity index (χ2v) is 3.68. The van der Waals surface area contributed by atoms with Gasteiger partial charge in [0, 0.05) is 21.1 Å². The van der Waals surface area contributed by atoms with Crippen molar-refractivity contribution in [2.75, 3.05) is 13.2 Å². The lowest BCUT2D eigenvalue weighted by Gasteiger charge is -2.02. The average molecular weight is 256 g/mol. The summed E-state index contributed by atoms with van der Waals surface area (Å²) in [5, 5.41) is 15.2. The van der Waals surface area contributed by atoms with E-state index in [0.29, 0.717) is 11.2 Å². The zero-order valence-electron chi connectivity index (χ0n) is 10.5. The van der Waals surface area contributed by atoms with Crippen LogP contribution >= 0.6 is 0 Å². The Morgan fingerprint density at radius 2 is 1.67 bits per heavy atom. The Hall–Kier alpha value is -1.93. The largest absolute Gasteiger partial charge is 0.394 e. The van der Waals surface area contributed by atoms with Crippen molar-refractivity contribution in [1.82, 2.24) is 18.7 Å². The van der Waals surface area contributed by atoms with Crippen LogP contribution in [0.15, 0.2) is 15.9 Å². The van der Waals surface area contributed by atoms with Gasteiger partial charge >= 0.3 is 5.69 Å². The van der Waals surface area contributed by atoms with Gasteiger partial charge in [0.2, 0.25) is 0 Å². The van der Waals surface area contributed by atoms with Crippen LogP contribution in [0.4, 0.5) is 0 Å². The second-order valence-electron chi connectivity index (χ2n) is 3.68. The molecule has 0 radical (unpaired) electrons. The van der Waals surface area contributed by atoms with Gasteiger partial charge in [0.25, 0.3) is 5.56 Å². The minimum atomic E-state index is -0.360. The van der Waals surface area contributed by atoms with Crippen LogP contribution in [-0.4, -0.2) is 42.1 Å². The Morgan fingerprint density at radius 3 is 2.17 bits per heavy atom. The third-order valence-corrected chi connectivity index (χ3v) is 2.42. The minimum absolute atomic E-state index is 0.125. The molecule has 2 heterocycles. The molecule has 8 heteroatoms. The molecule has 2 N–H and O–H groups in total. The number of aliphatic hydroxyl groups excluding tert-OH is 2. The first-order valence-electron chi connectivity index (χ1n) is 5.24. The molecule has 0 aliphatic rings. The van der Waals surface area contributed by atoms with Crippen LogP contribution in [0.5, 0.6) is 0 Å². The molecule has 100 valence electrons. The van der Waals surface area contributed by atoms with Crippen molar-refractivity contribution in [3.63, 3.8) is 0 Å². The monoisotopic (exact) mass is 256 g/mol. The van der Waals surface area contributed by atoms with Crippen LogP contribution in [0.2, 0.25) is 0 Å². The number of hydrogen-bond donors (Lipinski definition) is 2. The zero-order chi connectivity index (χ0) is 13.9. The van der Waals surface area contributed by atoms with Gasteiger partial charge in [0.1, 0.15) is 0 Å². The van der Waals surface area contributed by atoms with Crippen LogP contribution in [0.1, 0.15) is 0 Å². The van der Waals surface area contributed by atoms with Gasteiger partial charge in [-0.15, -0.1) is 0 Å². The van der Waals surface area contributed by atoms with Gasteiger partial charge in [-0.2, -0.15) is 0 Å². The van der Waals surface area contributed by atoms with Gasteiger partial charge in [0.15, 0.2) is 11.2 Å². The lowest BCUT2D eigenvalue weighted by atomic mass is 10.5. The normalized spacial score (nSPS) is 10.3. The highest BCUT2D eigenvalue weighted by Gasteiger charge is 2.11. The Bertz CT molecular complexity index is 650. The fourth-order valence-corrected chi connectivity index (χ4v) is 1.47. The molecule has 0 atom stereocenters. The van der Waals surface area contributed by atoms with Crippen LogP contribution in [0, 0.1) is 0 Å². The molecule has 0 aliphatic carbocycles. The molecule has 0 aliphatic heterocycles. The molecule has 0 fully saturated rings. The molecular formula is C10H16N4O4. The van der Waals surface area contributed by atoms with Crippen molar-refractivity contribution < 1.29 is 10.2 Å². The number of aryl methyl sites for hydroxylation is 2. The summed E-state index contributed by atoms with van der Waals surface area (Å²) in [6, 6.07) is 0. The first-order chi connectivity index (χ1) is 8.45. The zero-order valence-corrected chi connectivity index (χ0v) is 10.5. The molecule has 0 unspecified atom stereocenters. The quantitative estimate of drug-likeness (QED) is 0.611. The van der Waals surface area contributed by atoms with E-state index in [1.807, 2.05) is 0 Å². The lowest BCUT2D eigenvalue weighted by Crippen LogP contribution is -2.37. The molecule has 8 nitrogen and oxygen atoms in total. The average Bonchev–Trinajstić information content (AvgIpc) is 2.76. The van der Waals surface area contributed by atoms with E-state index in [-0.39, 0.29) is 24.5 Å². The Kier molecular flexibility index (Phi) is 4.40. The Labute approximate surface area is 102 Å². The third kappa shape index (κ3) is 2.34. The van der Waals surface area contributed by atoms with Crippen LogP contribution in [-0.2, 0) is 21.1 Å². The summed E-state index contributed by atoms with van der Waals surface area (Å²) >= 11 is 0. The van der Waals surface area contributed by atoms with Gasteiger partial charge in [-0.05, 0) is 0 Å². The van der Waals surface area contributed by atoms with Gasteiger partial charge in [-0.3, -0.25) is 13.9 Å². The van der Waals surface area contributed by atoms with Gasteiger partial charge in [0.05, 0.1) is 19.5 Å². The molecule has 0 spiro atoms. The molecular weight excluding hydrogens is 240 g/mol. The van der Waals surface area contributed by atoms with Crippen molar-refractivity contribution in [2.45, 2.75) is 0 Å². The first kappa shape index (κ1) is 14.1. The number of nitrogens with zero attached hydrogens (tertiary/aromatic N) is 4. The van der Waals surface area contributed by atoms with E-state index in [9.17, 15) is 9.59 Å². The fourth-order valence-electron chi connectivity index (χ4n) is 1.47. The molecule has 0 bridgehead atoms. The number of aliphatic hydroxyl groups is 2. The molecule has 2 aromatic heterocycles. The predicted octanol–water partition coefficient (Wildman–Crippen LogP) is -2.06. The van der Waals surface area contributed by atoms with Gasteiger partial charge in [-0.1, -0.05) is 0 Å². The number of hydrogen-bond acceptors (Lipinski definition) is 5. The maximum Gasteiger partial charge on any atom is 0.332 e. The maximum absolute atomic E-state index is 11.7. The molecule has 2 aromatic rings. The number of imidazole rings is 1. The van der Waals surface area contributed by atoms with Crippen molar-refractivity contribution in [2.24, 2.45) is 21.1 Å². The van der Waals surface area contributed by atoms with E-state index in [0.717, 1.165) is 4.57 Å². The SMILES string of the molecule is Cn1c(=O)c2c(ncn2C)n(C)c1=O.OCCO. The smallest absolute Gasteiger partial charge is 0.332 e. The second kappa shape index (κ2) is 5.61. The van der Waals surface area contributed by atoms with E-state index in [2.05, 4.69) is 4.98 Å². The summed E-state index contributed by atoms with van der Waals surface area (Å²) in [6.07, 6.45) is 1.52. The molecule has 0 saturated carbocycles. The maximum atomic E-state index is 11.7. The topological polar surface area (TPSA) is 102 Å². The minimum Gasteiger partial charge on any atom is -0.394 e. The van der Waals surface area contributed by atoms with Crippen LogP contribution < -0.4 is 11.2 Å².